The fraction of sp³-hybridized carbons (Fsp3) is 0.400. The lowest BCUT2D eigenvalue weighted by molar-refractivity contribution is -0.0501. The molecule has 0 spiro atoms. The summed E-state index contributed by atoms with van der Waals surface area (Å²) in [6.45, 7) is -0.119. The number of aliphatic hydroxyl groups is 3. The molecule has 0 amide bonds. The van der Waals surface area contributed by atoms with Crippen LogP contribution in [0.1, 0.15) is 12.0 Å². The maximum atomic E-state index is 10.4. The van der Waals surface area contributed by atoms with E-state index < -0.39 is 31.1 Å². The maximum Gasteiger partial charge on any atom is 0.207 e. The lowest BCUT2D eigenvalue weighted by Crippen LogP contribution is -2.33. The average Bonchev–Trinajstić information content (AvgIpc) is 3.34. The second kappa shape index (κ2) is 6.53. The van der Waals surface area contributed by atoms with Gasteiger partial charge in [0.25, 0.3) is 0 Å². The molecule has 1 aliphatic heterocycles. The van der Waals surface area contributed by atoms with Crippen LogP contribution in [0.15, 0.2) is 29.1 Å². The lowest BCUT2D eigenvalue weighted by atomic mass is 10.1. The van der Waals surface area contributed by atoms with Crippen molar-refractivity contribution in [1.29, 1.82) is 0 Å². The molecular formula is C15H18N6O5. The van der Waals surface area contributed by atoms with Gasteiger partial charge in [-0.05, 0) is 12.1 Å². The predicted molar refractivity (Wildman–Crippen MR) is 88.8 cm³/mol. The van der Waals surface area contributed by atoms with Gasteiger partial charge in [-0.2, -0.15) is 0 Å². The summed E-state index contributed by atoms with van der Waals surface area (Å²) >= 11 is 0. The van der Waals surface area contributed by atoms with E-state index in [1.165, 1.54) is 10.9 Å². The van der Waals surface area contributed by atoms with E-state index in [1.54, 1.807) is 18.4 Å². The van der Waals surface area contributed by atoms with E-state index in [-0.39, 0.29) is 5.82 Å². The van der Waals surface area contributed by atoms with Crippen molar-refractivity contribution in [2.75, 3.05) is 17.7 Å². The van der Waals surface area contributed by atoms with Crippen LogP contribution in [0.5, 0.6) is 0 Å². The molecule has 6 N–H and O–H groups in total. The zero-order chi connectivity index (χ0) is 18.3. The molecule has 11 heteroatoms. The number of hydrogen-bond acceptors (Lipinski definition) is 10. The third-order valence-corrected chi connectivity index (χ3v) is 4.28. The van der Waals surface area contributed by atoms with Crippen molar-refractivity contribution in [2.45, 2.75) is 31.1 Å². The number of aromatic nitrogens is 4. The zero-order valence-electron chi connectivity index (χ0n) is 13.6. The third kappa shape index (κ3) is 2.66. The SMILES string of the molecule is Nc1ncnc2c1nc(NCc1ccco1)n2[C@@H]1O[C@H](CO)[C@@H](O)[C@H]1O. The van der Waals surface area contributed by atoms with Crippen LogP contribution >= 0.6 is 0 Å². The van der Waals surface area contributed by atoms with Crippen LogP contribution in [0.3, 0.4) is 0 Å². The molecular weight excluding hydrogens is 344 g/mol. The first-order valence-corrected chi connectivity index (χ1v) is 7.97. The highest BCUT2D eigenvalue weighted by Gasteiger charge is 2.45. The highest BCUT2D eigenvalue weighted by molar-refractivity contribution is 5.84. The number of nitrogens with zero attached hydrogens (tertiary/aromatic N) is 4. The number of fused-ring (bicyclic) bond motifs is 1. The Labute approximate surface area is 147 Å². The van der Waals surface area contributed by atoms with Gasteiger partial charge in [-0.15, -0.1) is 0 Å². The molecule has 11 nitrogen and oxygen atoms in total. The number of rotatable bonds is 5. The molecule has 4 heterocycles. The summed E-state index contributed by atoms with van der Waals surface area (Å²) in [5.41, 5.74) is 6.53. The first-order valence-electron chi connectivity index (χ1n) is 7.97. The minimum absolute atomic E-state index is 0.168. The Hall–Kier alpha value is -2.73. The summed E-state index contributed by atoms with van der Waals surface area (Å²) in [6, 6.07) is 3.55. The molecule has 4 rings (SSSR count). The van der Waals surface area contributed by atoms with Crippen LogP contribution in [0.2, 0.25) is 0 Å². The first-order chi connectivity index (χ1) is 12.6. The molecule has 0 saturated carbocycles. The van der Waals surface area contributed by atoms with Crippen LogP contribution in [0.25, 0.3) is 11.2 Å². The van der Waals surface area contributed by atoms with Crippen LogP contribution in [-0.4, -0.2) is 59.8 Å². The summed E-state index contributed by atoms with van der Waals surface area (Å²) in [4.78, 5) is 12.5. The Morgan fingerprint density at radius 3 is 2.81 bits per heavy atom. The Morgan fingerprint density at radius 2 is 2.12 bits per heavy atom. The van der Waals surface area contributed by atoms with Crippen molar-refractivity contribution in [1.82, 2.24) is 19.5 Å². The Bertz CT molecular complexity index is 897. The molecule has 0 aliphatic carbocycles. The van der Waals surface area contributed by atoms with Crippen molar-refractivity contribution in [3.63, 3.8) is 0 Å². The topological polar surface area (TPSA) is 165 Å². The maximum absolute atomic E-state index is 10.4. The molecule has 26 heavy (non-hydrogen) atoms. The van der Waals surface area contributed by atoms with Gasteiger partial charge >= 0.3 is 0 Å². The van der Waals surface area contributed by atoms with Crippen molar-refractivity contribution in [3.05, 3.63) is 30.5 Å². The van der Waals surface area contributed by atoms with Gasteiger partial charge in [0.1, 0.15) is 30.4 Å². The summed E-state index contributed by atoms with van der Waals surface area (Å²) < 4.78 is 12.4. The summed E-state index contributed by atoms with van der Waals surface area (Å²) in [5.74, 6) is 1.14. The Morgan fingerprint density at radius 1 is 1.27 bits per heavy atom. The largest absolute Gasteiger partial charge is 0.467 e. The number of hydrogen-bond donors (Lipinski definition) is 5. The minimum Gasteiger partial charge on any atom is -0.467 e. The minimum atomic E-state index is -1.29. The molecule has 3 aromatic heterocycles. The van der Waals surface area contributed by atoms with Crippen molar-refractivity contribution < 1.29 is 24.5 Å². The van der Waals surface area contributed by atoms with Gasteiger partial charge in [0.2, 0.25) is 5.95 Å². The molecule has 3 aromatic rings. The number of nitrogens with one attached hydrogen (secondary N) is 1. The van der Waals surface area contributed by atoms with Gasteiger partial charge in [0, 0.05) is 0 Å². The number of ether oxygens (including phenoxy) is 1. The second-order valence-corrected chi connectivity index (χ2v) is 5.90. The molecule has 1 aliphatic rings. The Balaban J connectivity index is 1.76. The zero-order valence-corrected chi connectivity index (χ0v) is 13.6. The van der Waals surface area contributed by atoms with E-state index in [0.29, 0.717) is 29.4 Å². The fourth-order valence-electron chi connectivity index (χ4n) is 2.96. The van der Waals surface area contributed by atoms with Gasteiger partial charge in [0.15, 0.2) is 23.2 Å². The number of anilines is 2. The normalized spacial score (nSPS) is 25.8. The van der Waals surface area contributed by atoms with E-state index in [4.69, 9.17) is 14.9 Å². The van der Waals surface area contributed by atoms with Crippen LogP contribution in [-0.2, 0) is 11.3 Å². The summed E-state index contributed by atoms with van der Waals surface area (Å²) in [5, 5.41) is 32.9. The monoisotopic (exact) mass is 362 g/mol. The number of furan rings is 1. The summed E-state index contributed by atoms with van der Waals surface area (Å²) in [7, 11) is 0. The van der Waals surface area contributed by atoms with E-state index in [2.05, 4.69) is 20.3 Å². The van der Waals surface area contributed by atoms with E-state index in [1.807, 2.05) is 0 Å². The van der Waals surface area contributed by atoms with Gasteiger partial charge in [-0.3, -0.25) is 4.57 Å². The summed E-state index contributed by atoms with van der Waals surface area (Å²) in [6.07, 6.45) is -1.65. The highest BCUT2D eigenvalue weighted by atomic mass is 16.6. The first kappa shape index (κ1) is 16.7. The van der Waals surface area contributed by atoms with Gasteiger partial charge in [0.05, 0.1) is 19.4 Å². The van der Waals surface area contributed by atoms with Crippen LogP contribution in [0, 0.1) is 0 Å². The van der Waals surface area contributed by atoms with Gasteiger partial charge < -0.3 is 35.5 Å². The number of nitrogens with two attached hydrogens (primary N) is 1. The fourth-order valence-corrected chi connectivity index (χ4v) is 2.96. The predicted octanol–water partition coefficient (Wildman–Crippen LogP) is -0.775. The number of nitrogen functional groups attached to an aromatic ring is 1. The van der Waals surface area contributed by atoms with E-state index in [9.17, 15) is 15.3 Å². The molecule has 4 atom stereocenters. The van der Waals surface area contributed by atoms with Crippen molar-refractivity contribution >= 4 is 22.9 Å². The molecule has 0 aromatic carbocycles. The molecule has 138 valence electrons. The molecule has 0 bridgehead atoms. The second-order valence-electron chi connectivity index (χ2n) is 5.90. The molecule has 0 radical (unpaired) electrons. The molecule has 1 fully saturated rings. The van der Waals surface area contributed by atoms with Gasteiger partial charge in [-0.25, -0.2) is 15.0 Å². The third-order valence-electron chi connectivity index (χ3n) is 4.28. The lowest BCUT2D eigenvalue weighted by Gasteiger charge is -2.19. The smallest absolute Gasteiger partial charge is 0.207 e. The quantitative estimate of drug-likeness (QED) is 0.389. The van der Waals surface area contributed by atoms with E-state index in [0.717, 1.165) is 0 Å². The Kier molecular flexibility index (Phi) is 4.20. The molecule has 0 unspecified atom stereocenters. The van der Waals surface area contributed by atoms with E-state index >= 15 is 0 Å². The highest BCUT2D eigenvalue weighted by Crippen LogP contribution is 2.35. The number of aliphatic hydroxyl groups excluding tert-OH is 3. The standard InChI is InChI=1S/C15H18N6O5/c16-12-9-13(19-6-18-12)21(14-11(24)10(23)8(5-22)26-14)15(20-9)17-4-7-2-1-3-25-7/h1-3,6,8,10-11,14,22-24H,4-5H2,(H,17,20)(H2,16,18,19)/t8-,10-,11-,14-/m1/s1. The van der Waals surface area contributed by atoms with Gasteiger partial charge in [-0.1, -0.05) is 0 Å². The number of imidazole rings is 1. The average molecular weight is 362 g/mol. The van der Waals surface area contributed by atoms with Crippen molar-refractivity contribution in [3.8, 4) is 0 Å². The van der Waals surface area contributed by atoms with Crippen molar-refractivity contribution in [2.24, 2.45) is 0 Å². The molecule has 1 saturated heterocycles. The van der Waals surface area contributed by atoms with Crippen LogP contribution in [0.4, 0.5) is 11.8 Å². The van der Waals surface area contributed by atoms with Crippen LogP contribution < -0.4 is 11.1 Å².